The molecule has 0 radical (unpaired) electrons. The van der Waals surface area contributed by atoms with Gasteiger partial charge in [0.05, 0.1) is 5.69 Å². The molecule has 1 heterocycles. The van der Waals surface area contributed by atoms with Gasteiger partial charge in [-0.15, -0.1) is 0 Å². The van der Waals surface area contributed by atoms with Gasteiger partial charge in [0.1, 0.15) is 0 Å². The second-order valence-electron chi connectivity index (χ2n) is 6.32. The van der Waals surface area contributed by atoms with Gasteiger partial charge in [0, 0.05) is 24.8 Å². The molecule has 0 fully saturated rings. The molecule has 1 aromatic carbocycles. The number of rotatable bonds is 4. The van der Waals surface area contributed by atoms with Crippen LogP contribution >= 0.6 is 0 Å². The summed E-state index contributed by atoms with van der Waals surface area (Å²) in [4.78, 5) is 0. The normalized spacial score (nSPS) is 17.5. The van der Waals surface area contributed by atoms with E-state index in [1.807, 2.05) is 11.7 Å². The summed E-state index contributed by atoms with van der Waals surface area (Å²) in [7, 11) is 2.00. The maximum atomic E-state index is 4.63. The molecule has 1 aromatic heterocycles. The maximum Gasteiger partial charge on any atom is 0.0728 e. The molecule has 0 aliphatic heterocycles. The van der Waals surface area contributed by atoms with Gasteiger partial charge in [-0.05, 0) is 42.0 Å². The van der Waals surface area contributed by atoms with Gasteiger partial charge in [0.25, 0.3) is 0 Å². The highest BCUT2D eigenvalue weighted by Crippen LogP contribution is 2.35. The lowest BCUT2D eigenvalue weighted by molar-refractivity contribution is 0.549. The van der Waals surface area contributed by atoms with E-state index in [-0.39, 0.29) is 0 Å². The molecule has 112 valence electrons. The first-order chi connectivity index (χ1) is 10.1. The predicted molar refractivity (Wildman–Crippen MR) is 87.5 cm³/mol. The van der Waals surface area contributed by atoms with Crippen molar-refractivity contribution >= 4 is 0 Å². The number of nitrogens with zero attached hydrogens (tertiary/aromatic N) is 2. The summed E-state index contributed by atoms with van der Waals surface area (Å²) in [5.74, 6) is 0.448. The van der Waals surface area contributed by atoms with E-state index in [9.17, 15) is 0 Å². The third-order valence-electron chi connectivity index (χ3n) is 4.39. The Hall–Kier alpha value is -1.61. The summed E-state index contributed by atoms with van der Waals surface area (Å²) < 4.78 is 1.93. The summed E-state index contributed by atoms with van der Waals surface area (Å²) >= 11 is 0. The molecule has 0 amide bonds. The number of aryl methyl sites for hydroxylation is 2. The highest BCUT2D eigenvalue weighted by atomic mass is 15.3. The fraction of sp³-hybridized carbons (Fsp3) is 0.500. The average molecular weight is 283 g/mol. The molecule has 0 saturated heterocycles. The number of aromatic nitrogens is 2. The van der Waals surface area contributed by atoms with Gasteiger partial charge >= 0.3 is 0 Å². The van der Waals surface area contributed by atoms with Crippen LogP contribution in [0.1, 0.15) is 56.0 Å². The molecule has 3 rings (SSSR count). The molecule has 3 nitrogen and oxygen atoms in total. The quantitative estimate of drug-likeness (QED) is 0.924. The zero-order chi connectivity index (χ0) is 15.0. The van der Waals surface area contributed by atoms with Crippen LogP contribution in [-0.4, -0.2) is 16.3 Å². The second kappa shape index (κ2) is 5.64. The van der Waals surface area contributed by atoms with Gasteiger partial charge in [-0.2, -0.15) is 5.10 Å². The zero-order valence-electron chi connectivity index (χ0n) is 13.5. The monoisotopic (exact) mass is 283 g/mol. The minimum atomic E-state index is 0.448. The number of hydrogen-bond donors (Lipinski definition) is 1. The summed E-state index contributed by atoms with van der Waals surface area (Å²) in [5, 5.41) is 8.21. The van der Waals surface area contributed by atoms with Crippen molar-refractivity contribution in [3.63, 3.8) is 0 Å². The van der Waals surface area contributed by atoms with Crippen LogP contribution < -0.4 is 5.32 Å². The van der Waals surface area contributed by atoms with Crippen molar-refractivity contribution in [2.24, 2.45) is 7.05 Å². The molecular formula is C18H25N3. The van der Waals surface area contributed by atoms with Gasteiger partial charge < -0.3 is 5.32 Å². The van der Waals surface area contributed by atoms with Crippen molar-refractivity contribution in [3.8, 4) is 11.1 Å². The summed E-state index contributed by atoms with van der Waals surface area (Å²) in [6.07, 6.45) is 4.54. The molecule has 1 N–H and O–H groups in total. The van der Waals surface area contributed by atoms with Gasteiger partial charge in [0.15, 0.2) is 0 Å². The Morgan fingerprint density at radius 1 is 1.38 bits per heavy atom. The molecule has 0 bridgehead atoms. The van der Waals surface area contributed by atoms with Crippen molar-refractivity contribution < 1.29 is 0 Å². The second-order valence-corrected chi connectivity index (χ2v) is 6.32. The van der Waals surface area contributed by atoms with E-state index in [0.717, 1.165) is 6.54 Å². The number of nitrogens with one attached hydrogen (secondary N) is 1. The van der Waals surface area contributed by atoms with E-state index in [1.54, 1.807) is 0 Å². The number of benzene rings is 1. The maximum absolute atomic E-state index is 4.63. The molecule has 1 unspecified atom stereocenters. The molecule has 1 aliphatic rings. The van der Waals surface area contributed by atoms with E-state index in [4.69, 9.17) is 0 Å². The van der Waals surface area contributed by atoms with Crippen LogP contribution in [0.3, 0.4) is 0 Å². The van der Waals surface area contributed by atoms with Crippen LogP contribution in [0.25, 0.3) is 11.1 Å². The van der Waals surface area contributed by atoms with Crippen LogP contribution in [0.4, 0.5) is 0 Å². The Morgan fingerprint density at radius 2 is 2.19 bits per heavy atom. The van der Waals surface area contributed by atoms with E-state index in [2.05, 4.69) is 55.6 Å². The molecule has 0 saturated carbocycles. The first-order valence-electron chi connectivity index (χ1n) is 8.00. The summed E-state index contributed by atoms with van der Waals surface area (Å²) in [5.41, 5.74) is 6.76. The lowest BCUT2D eigenvalue weighted by atomic mass is 9.97. The Balaban J connectivity index is 1.99. The van der Waals surface area contributed by atoms with Crippen molar-refractivity contribution in [3.05, 3.63) is 41.2 Å². The minimum Gasteiger partial charge on any atom is -0.310 e. The molecule has 1 aliphatic carbocycles. The van der Waals surface area contributed by atoms with Crippen LogP contribution in [-0.2, 0) is 13.5 Å². The lowest BCUT2D eigenvalue weighted by Crippen LogP contribution is -2.18. The fourth-order valence-corrected chi connectivity index (χ4v) is 3.40. The van der Waals surface area contributed by atoms with Crippen LogP contribution in [0, 0.1) is 0 Å². The molecule has 21 heavy (non-hydrogen) atoms. The van der Waals surface area contributed by atoms with Gasteiger partial charge in [-0.25, -0.2) is 0 Å². The van der Waals surface area contributed by atoms with E-state index >= 15 is 0 Å². The molecule has 2 aromatic rings. The van der Waals surface area contributed by atoms with E-state index < -0.39 is 0 Å². The fourth-order valence-electron chi connectivity index (χ4n) is 3.40. The van der Waals surface area contributed by atoms with Crippen LogP contribution in [0.15, 0.2) is 24.4 Å². The van der Waals surface area contributed by atoms with E-state index in [1.165, 1.54) is 40.8 Å². The third-order valence-corrected chi connectivity index (χ3v) is 4.39. The Kier molecular flexibility index (Phi) is 3.85. The van der Waals surface area contributed by atoms with Crippen molar-refractivity contribution in [2.45, 2.75) is 45.6 Å². The lowest BCUT2D eigenvalue weighted by Gasteiger charge is -2.13. The zero-order valence-corrected chi connectivity index (χ0v) is 13.5. The van der Waals surface area contributed by atoms with Crippen molar-refractivity contribution in [1.82, 2.24) is 15.1 Å². The largest absolute Gasteiger partial charge is 0.310 e. The highest BCUT2D eigenvalue weighted by Gasteiger charge is 2.22. The first kappa shape index (κ1) is 14.3. The van der Waals surface area contributed by atoms with Crippen LogP contribution in [0.2, 0.25) is 0 Å². The van der Waals surface area contributed by atoms with Gasteiger partial charge in [0.2, 0.25) is 0 Å². The Bertz CT molecular complexity index is 640. The van der Waals surface area contributed by atoms with Crippen LogP contribution in [0.5, 0.6) is 0 Å². The van der Waals surface area contributed by atoms with Crippen molar-refractivity contribution in [1.29, 1.82) is 0 Å². The number of hydrogen-bond acceptors (Lipinski definition) is 2. The van der Waals surface area contributed by atoms with Gasteiger partial charge in [-0.1, -0.05) is 39.0 Å². The highest BCUT2D eigenvalue weighted by molar-refractivity contribution is 5.68. The summed E-state index contributed by atoms with van der Waals surface area (Å²) in [6.45, 7) is 7.63. The molecule has 0 spiro atoms. The average Bonchev–Trinajstić information content (AvgIpc) is 3.03. The topological polar surface area (TPSA) is 29.9 Å². The number of fused-ring (bicyclic) bond motifs is 1. The SMILES string of the molecule is CCNC1CCc2cc(-c3cn(C)nc3C(C)C)ccc21. The molecule has 1 atom stereocenters. The van der Waals surface area contributed by atoms with E-state index in [0.29, 0.717) is 12.0 Å². The Labute approximate surface area is 127 Å². The molecule has 3 heteroatoms. The Morgan fingerprint density at radius 3 is 2.90 bits per heavy atom. The van der Waals surface area contributed by atoms with Crippen molar-refractivity contribution in [2.75, 3.05) is 6.54 Å². The standard InChI is InChI=1S/C18H25N3/c1-5-19-17-9-7-13-10-14(6-8-15(13)17)16-11-21(4)20-18(16)12(2)3/h6,8,10-12,17,19H,5,7,9H2,1-4H3. The van der Waals surface area contributed by atoms with Gasteiger partial charge in [-0.3, -0.25) is 4.68 Å². The summed E-state index contributed by atoms with van der Waals surface area (Å²) in [6, 6.07) is 7.48. The first-order valence-corrected chi connectivity index (χ1v) is 8.00. The third kappa shape index (κ3) is 2.62. The molecular weight excluding hydrogens is 258 g/mol. The minimum absolute atomic E-state index is 0.448. The predicted octanol–water partition coefficient (Wildman–Crippen LogP) is 3.81. The smallest absolute Gasteiger partial charge is 0.0728 e.